The average molecular weight is 471 g/mol. The molecular formula is C27H28Cl2O3. The lowest BCUT2D eigenvalue weighted by atomic mass is 9.48. The van der Waals surface area contributed by atoms with Crippen LogP contribution in [0.4, 0.5) is 0 Å². The number of hydrogen-bond acceptors (Lipinski definition) is 3. The molecule has 168 valence electrons. The Morgan fingerprint density at radius 3 is 2.34 bits per heavy atom. The van der Waals surface area contributed by atoms with Crippen LogP contribution in [0.15, 0.2) is 42.5 Å². The Bertz CT molecular complexity index is 1020. The molecule has 2 aromatic carbocycles. The van der Waals surface area contributed by atoms with Gasteiger partial charge in [0.2, 0.25) is 0 Å². The first-order chi connectivity index (χ1) is 15.5. The number of methoxy groups -OCH3 is 1. The molecule has 0 heterocycles. The quantitative estimate of drug-likeness (QED) is 0.395. The van der Waals surface area contributed by atoms with Crippen LogP contribution in [0.1, 0.15) is 49.7 Å². The van der Waals surface area contributed by atoms with Gasteiger partial charge in [-0.05, 0) is 92.2 Å². The fourth-order valence-corrected chi connectivity index (χ4v) is 6.84. The first kappa shape index (κ1) is 21.9. The highest BCUT2D eigenvalue weighted by atomic mass is 35.5. The van der Waals surface area contributed by atoms with Crippen molar-refractivity contribution in [2.75, 3.05) is 7.11 Å². The summed E-state index contributed by atoms with van der Waals surface area (Å²) in [5, 5.41) is 1.01. The first-order valence-electron chi connectivity index (χ1n) is 11.4. The third kappa shape index (κ3) is 4.18. The Balaban J connectivity index is 1.36. The summed E-state index contributed by atoms with van der Waals surface area (Å²) >= 11 is 12.2. The van der Waals surface area contributed by atoms with Gasteiger partial charge in [-0.2, -0.15) is 0 Å². The number of benzene rings is 2. The number of para-hydroxylation sites is 1. The van der Waals surface area contributed by atoms with Gasteiger partial charge in [0.05, 0.1) is 17.2 Å². The molecule has 0 aromatic heterocycles. The molecule has 32 heavy (non-hydrogen) atoms. The van der Waals surface area contributed by atoms with Crippen LogP contribution in [-0.4, -0.2) is 12.9 Å². The van der Waals surface area contributed by atoms with Gasteiger partial charge in [-0.15, -0.1) is 0 Å². The van der Waals surface area contributed by atoms with Gasteiger partial charge in [0.15, 0.2) is 17.3 Å². The average Bonchev–Trinajstić information content (AvgIpc) is 2.77. The minimum Gasteiger partial charge on any atom is -0.493 e. The SMILES string of the molecule is COc1cccc(/C=C/C(=O)C23CC4CC(CC(C4)C2)C3)c1OCc1ccc(Cl)c(Cl)c1. The van der Waals surface area contributed by atoms with Crippen LogP contribution >= 0.6 is 23.2 Å². The number of ketones is 1. The fourth-order valence-electron chi connectivity index (χ4n) is 6.52. The minimum atomic E-state index is -0.134. The maximum atomic E-state index is 13.4. The topological polar surface area (TPSA) is 35.5 Å². The van der Waals surface area contributed by atoms with E-state index in [-0.39, 0.29) is 11.2 Å². The lowest BCUT2D eigenvalue weighted by molar-refractivity contribution is -0.138. The van der Waals surface area contributed by atoms with Crippen LogP contribution in [0, 0.1) is 23.2 Å². The van der Waals surface area contributed by atoms with Crippen LogP contribution in [0.5, 0.6) is 11.5 Å². The van der Waals surface area contributed by atoms with E-state index in [0.29, 0.717) is 28.2 Å². The third-order valence-corrected chi connectivity index (χ3v) is 8.31. The van der Waals surface area contributed by atoms with Gasteiger partial charge in [0.1, 0.15) is 6.61 Å². The maximum Gasteiger partial charge on any atom is 0.168 e. The van der Waals surface area contributed by atoms with Crippen LogP contribution in [0.3, 0.4) is 0 Å². The lowest BCUT2D eigenvalue weighted by Gasteiger charge is -2.55. The predicted octanol–water partition coefficient (Wildman–Crippen LogP) is 7.38. The number of ether oxygens (including phenoxy) is 2. The van der Waals surface area contributed by atoms with E-state index in [1.807, 2.05) is 30.3 Å². The van der Waals surface area contributed by atoms with E-state index in [9.17, 15) is 4.79 Å². The fraction of sp³-hybridized carbons (Fsp3) is 0.444. The molecule has 3 nitrogen and oxygen atoms in total. The van der Waals surface area contributed by atoms with E-state index in [0.717, 1.165) is 48.1 Å². The molecule has 4 bridgehead atoms. The second-order valence-corrected chi connectivity index (χ2v) is 10.6. The van der Waals surface area contributed by atoms with E-state index in [4.69, 9.17) is 32.7 Å². The van der Waals surface area contributed by atoms with E-state index >= 15 is 0 Å². The monoisotopic (exact) mass is 470 g/mol. The Labute approximate surface area is 199 Å². The molecule has 0 unspecified atom stereocenters. The Morgan fingerprint density at radius 1 is 1.03 bits per heavy atom. The lowest BCUT2D eigenvalue weighted by Crippen LogP contribution is -2.49. The van der Waals surface area contributed by atoms with Gasteiger partial charge in [0.25, 0.3) is 0 Å². The summed E-state index contributed by atoms with van der Waals surface area (Å²) in [5.74, 6) is 3.79. The third-order valence-electron chi connectivity index (χ3n) is 7.57. The molecule has 0 amide bonds. The number of halogens is 2. The molecule has 0 aliphatic heterocycles. The van der Waals surface area contributed by atoms with Crippen molar-refractivity contribution in [3.05, 3.63) is 63.6 Å². The van der Waals surface area contributed by atoms with Crippen LogP contribution in [0.25, 0.3) is 6.08 Å². The van der Waals surface area contributed by atoms with Crippen molar-refractivity contribution < 1.29 is 14.3 Å². The minimum absolute atomic E-state index is 0.134. The van der Waals surface area contributed by atoms with E-state index < -0.39 is 0 Å². The normalized spacial score (nSPS) is 28.3. The molecule has 6 rings (SSSR count). The largest absolute Gasteiger partial charge is 0.493 e. The van der Waals surface area contributed by atoms with Crippen molar-refractivity contribution in [3.63, 3.8) is 0 Å². The van der Waals surface area contributed by atoms with Crippen molar-refractivity contribution in [3.8, 4) is 11.5 Å². The summed E-state index contributed by atoms with van der Waals surface area (Å²) < 4.78 is 11.7. The highest BCUT2D eigenvalue weighted by molar-refractivity contribution is 6.42. The second-order valence-electron chi connectivity index (χ2n) is 9.81. The van der Waals surface area contributed by atoms with E-state index in [1.54, 1.807) is 25.3 Å². The van der Waals surface area contributed by atoms with Crippen molar-refractivity contribution in [1.29, 1.82) is 0 Å². The molecule has 4 fully saturated rings. The molecule has 0 atom stereocenters. The first-order valence-corrected chi connectivity index (χ1v) is 12.2. The van der Waals surface area contributed by atoms with Crippen molar-refractivity contribution in [2.24, 2.45) is 23.2 Å². The number of allylic oxidation sites excluding steroid dienone is 1. The summed E-state index contributed by atoms with van der Waals surface area (Å²) in [5.41, 5.74) is 1.61. The summed E-state index contributed by atoms with van der Waals surface area (Å²) in [6.45, 7) is 0.320. The van der Waals surface area contributed by atoms with Crippen molar-refractivity contribution >= 4 is 35.1 Å². The van der Waals surface area contributed by atoms with Gasteiger partial charge in [-0.1, -0.05) is 41.4 Å². The van der Waals surface area contributed by atoms with Gasteiger partial charge >= 0.3 is 0 Å². The molecule has 4 aliphatic carbocycles. The Hall–Kier alpha value is -1.97. The van der Waals surface area contributed by atoms with Crippen LogP contribution in [-0.2, 0) is 11.4 Å². The van der Waals surface area contributed by atoms with Gasteiger partial charge in [0, 0.05) is 11.0 Å². The number of carbonyl (C=O) groups is 1. The summed E-state index contributed by atoms with van der Waals surface area (Å²) in [4.78, 5) is 13.4. The molecule has 4 saturated carbocycles. The Kier molecular flexibility index (Phi) is 5.98. The number of hydrogen-bond donors (Lipinski definition) is 0. The van der Waals surface area contributed by atoms with Crippen molar-refractivity contribution in [1.82, 2.24) is 0 Å². The maximum absolute atomic E-state index is 13.4. The molecule has 0 N–H and O–H groups in total. The second kappa shape index (κ2) is 8.76. The van der Waals surface area contributed by atoms with Gasteiger partial charge in [-0.25, -0.2) is 0 Å². The highest BCUT2D eigenvalue weighted by Crippen LogP contribution is 2.60. The summed E-state index contributed by atoms with van der Waals surface area (Å²) in [7, 11) is 1.62. The Morgan fingerprint density at radius 2 is 1.72 bits per heavy atom. The smallest absolute Gasteiger partial charge is 0.168 e. The zero-order valence-electron chi connectivity index (χ0n) is 18.3. The highest BCUT2D eigenvalue weighted by Gasteiger charge is 2.53. The summed E-state index contributed by atoms with van der Waals surface area (Å²) in [6, 6.07) is 11.2. The summed E-state index contributed by atoms with van der Waals surface area (Å²) in [6.07, 6.45) is 10.9. The molecule has 4 aliphatic rings. The number of carbonyl (C=O) groups excluding carboxylic acids is 1. The number of rotatable bonds is 7. The molecule has 0 saturated heterocycles. The molecule has 0 spiro atoms. The van der Waals surface area contributed by atoms with Crippen LogP contribution in [0.2, 0.25) is 10.0 Å². The van der Waals surface area contributed by atoms with E-state index in [1.165, 1.54) is 19.3 Å². The molecule has 0 radical (unpaired) electrons. The van der Waals surface area contributed by atoms with E-state index in [2.05, 4.69) is 0 Å². The molecule has 5 heteroatoms. The molecular weight excluding hydrogens is 443 g/mol. The van der Waals surface area contributed by atoms with Gasteiger partial charge in [-0.3, -0.25) is 4.79 Å². The molecule has 2 aromatic rings. The van der Waals surface area contributed by atoms with Crippen LogP contribution < -0.4 is 9.47 Å². The van der Waals surface area contributed by atoms with Crippen molar-refractivity contribution in [2.45, 2.75) is 45.1 Å². The zero-order chi connectivity index (χ0) is 22.3. The predicted molar refractivity (Wildman–Crippen MR) is 128 cm³/mol. The van der Waals surface area contributed by atoms with Gasteiger partial charge < -0.3 is 9.47 Å². The zero-order valence-corrected chi connectivity index (χ0v) is 19.8. The standard InChI is InChI=1S/C27H28Cl2O3/c1-31-24-4-2-3-21(26(24)32-16-17-5-7-22(28)23(29)12-17)6-8-25(30)27-13-18-9-19(14-27)11-20(10-18)15-27/h2-8,12,18-20H,9-11,13-16H2,1H3/b8-6+.